The molecule has 5 heteroatoms. The van der Waals surface area contributed by atoms with Gasteiger partial charge < -0.3 is 4.74 Å². The largest absolute Gasteiger partial charge is 0.376 e. The zero-order chi connectivity index (χ0) is 13.1. The van der Waals surface area contributed by atoms with Crippen molar-refractivity contribution in [2.45, 2.75) is 38.3 Å². The number of hydrogen-bond acceptors (Lipinski definition) is 3. The van der Waals surface area contributed by atoms with E-state index in [0.717, 1.165) is 19.3 Å². The SMILES string of the molecule is Cc1ccc(F)c(C(NN)C2CCCCO2)c1F. The molecule has 1 saturated heterocycles. The lowest BCUT2D eigenvalue weighted by Gasteiger charge is -2.30. The molecule has 0 bridgehead atoms. The van der Waals surface area contributed by atoms with Crippen LogP contribution >= 0.6 is 0 Å². The molecule has 0 radical (unpaired) electrons. The highest BCUT2D eigenvalue weighted by molar-refractivity contribution is 5.30. The molecule has 100 valence electrons. The van der Waals surface area contributed by atoms with Gasteiger partial charge in [0.25, 0.3) is 0 Å². The van der Waals surface area contributed by atoms with Gasteiger partial charge in [0.2, 0.25) is 0 Å². The number of hydrazine groups is 1. The monoisotopic (exact) mass is 256 g/mol. The van der Waals surface area contributed by atoms with Crippen molar-refractivity contribution in [1.82, 2.24) is 5.43 Å². The molecule has 2 unspecified atom stereocenters. The third kappa shape index (κ3) is 2.53. The number of benzene rings is 1. The first-order valence-corrected chi connectivity index (χ1v) is 6.17. The van der Waals surface area contributed by atoms with E-state index >= 15 is 0 Å². The van der Waals surface area contributed by atoms with Crippen LogP contribution in [0.1, 0.15) is 36.4 Å². The highest BCUT2D eigenvalue weighted by atomic mass is 19.1. The normalized spacial score (nSPS) is 21.9. The first-order valence-electron chi connectivity index (χ1n) is 6.17. The van der Waals surface area contributed by atoms with E-state index < -0.39 is 17.7 Å². The predicted molar refractivity (Wildman–Crippen MR) is 64.8 cm³/mol. The van der Waals surface area contributed by atoms with Crippen LogP contribution in [0.25, 0.3) is 0 Å². The number of ether oxygens (including phenoxy) is 1. The molecule has 0 aromatic heterocycles. The average molecular weight is 256 g/mol. The molecule has 1 heterocycles. The first kappa shape index (κ1) is 13.4. The van der Waals surface area contributed by atoms with Crippen LogP contribution < -0.4 is 11.3 Å². The Hall–Kier alpha value is -1.04. The molecule has 3 N–H and O–H groups in total. The van der Waals surface area contributed by atoms with Crippen molar-refractivity contribution < 1.29 is 13.5 Å². The van der Waals surface area contributed by atoms with Crippen molar-refractivity contribution in [3.05, 3.63) is 34.9 Å². The number of halogens is 2. The summed E-state index contributed by atoms with van der Waals surface area (Å²) in [5.74, 6) is 4.32. The zero-order valence-electron chi connectivity index (χ0n) is 10.4. The van der Waals surface area contributed by atoms with E-state index in [1.165, 1.54) is 12.1 Å². The molecule has 18 heavy (non-hydrogen) atoms. The van der Waals surface area contributed by atoms with E-state index in [2.05, 4.69) is 5.43 Å². The molecule has 2 atom stereocenters. The molecule has 1 fully saturated rings. The molecule has 0 amide bonds. The second-order valence-corrected chi connectivity index (χ2v) is 4.64. The van der Waals surface area contributed by atoms with Gasteiger partial charge in [-0.25, -0.2) is 8.78 Å². The van der Waals surface area contributed by atoms with Gasteiger partial charge in [0.05, 0.1) is 12.1 Å². The number of nitrogens with one attached hydrogen (secondary N) is 1. The molecule has 0 saturated carbocycles. The molecule has 0 spiro atoms. The van der Waals surface area contributed by atoms with E-state index in [9.17, 15) is 8.78 Å². The molecule has 3 nitrogen and oxygen atoms in total. The molecule has 1 aliphatic heterocycles. The first-order chi connectivity index (χ1) is 8.65. The predicted octanol–water partition coefficient (Wildman–Crippen LogP) is 2.35. The Morgan fingerprint density at radius 1 is 1.39 bits per heavy atom. The van der Waals surface area contributed by atoms with Gasteiger partial charge in [-0.1, -0.05) is 6.07 Å². The maximum absolute atomic E-state index is 14.1. The minimum atomic E-state index is -0.648. The van der Waals surface area contributed by atoms with Crippen molar-refractivity contribution in [2.24, 2.45) is 5.84 Å². The van der Waals surface area contributed by atoms with Crippen molar-refractivity contribution in [3.63, 3.8) is 0 Å². The van der Waals surface area contributed by atoms with Crippen LogP contribution in [0.5, 0.6) is 0 Å². The lowest BCUT2D eigenvalue weighted by Crippen LogP contribution is -2.40. The second-order valence-electron chi connectivity index (χ2n) is 4.64. The van der Waals surface area contributed by atoms with E-state index in [-0.39, 0.29) is 11.7 Å². The topological polar surface area (TPSA) is 47.3 Å². The number of aryl methyl sites for hydroxylation is 1. The summed E-state index contributed by atoms with van der Waals surface area (Å²) in [4.78, 5) is 0. The van der Waals surface area contributed by atoms with Crippen LogP contribution in [0.3, 0.4) is 0 Å². The molecular weight excluding hydrogens is 238 g/mol. The van der Waals surface area contributed by atoms with Crippen molar-refractivity contribution in [1.29, 1.82) is 0 Å². The Bertz CT molecular complexity index is 420. The lowest BCUT2D eigenvalue weighted by atomic mass is 9.94. The minimum absolute atomic E-state index is 0.0237. The Labute approximate surface area is 105 Å². The molecule has 1 aromatic carbocycles. The lowest BCUT2D eigenvalue weighted by molar-refractivity contribution is -0.00971. The van der Waals surface area contributed by atoms with Crippen LogP contribution in [0.2, 0.25) is 0 Å². The van der Waals surface area contributed by atoms with E-state index in [1.54, 1.807) is 6.92 Å². The standard InChI is InChI=1S/C13H18F2N2O/c1-8-5-6-9(14)11(12(8)15)13(17-16)10-4-2-3-7-18-10/h5-6,10,13,17H,2-4,7,16H2,1H3. The van der Waals surface area contributed by atoms with Crippen molar-refractivity contribution in [2.75, 3.05) is 6.61 Å². The van der Waals surface area contributed by atoms with Gasteiger partial charge >= 0.3 is 0 Å². The summed E-state index contributed by atoms with van der Waals surface area (Å²) in [5.41, 5.74) is 2.87. The summed E-state index contributed by atoms with van der Waals surface area (Å²) in [5, 5.41) is 0. The van der Waals surface area contributed by atoms with Gasteiger partial charge in [-0.05, 0) is 37.8 Å². The quantitative estimate of drug-likeness (QED) is 0.644. The van der Waals surface area contributed by atoms with Crippen LogP contribution in [0.4, 0.5) is 8.78 Å². The Morgan fingerprint density at radius 3 is 2.78 bits per heavy atom. The van der Waals surface area contributed by atoms with Crippen LogP contribution in [0, 0.1) is 18.6 Å². The van der Waals surface area contributed by atoms with Gasteiger partial charge in [-0.3, -0.25) is 11.3 Å². The summed E-state index contributed by atoms with van der Waals surface area (Å²) in [7, 11) is 0. The number of nitrogens with two attached hydrogens (primary N) is 1. The number of rotatable bonds is 3. The minimum Gasteiger partial charge on any atom is -0.376 e. The Balaban J connectivity index is 2.34. The maximum Gasteiger partial charge on any atom is 0.133 e. The summed E-state index contributed by atoms with van der Waals surface area (Å²) in [6.07, 6.45) is 2.43. The van der Waals surface area contributed by atoms with Crippen LogP contribution in [-0.2, 0) is 4.74 Å². The van der Waals surface area contributed by atoms with E-state index in [4.69, 9.17) is 10.6 Å². The average Bonchev–Trinajstić information content (AvgIpc) is 2.40. The van der Waals surface area contributed by atoms with Crippen LogP contribution in [0.15, 0.2) is 12.1 Å². The highest BCUT2D eigenvalue weighted by Gasteiger charge is 2.30. The van der Waals surface area contributed by atoms with Gasteiger partial charge in [0.15, 0.2) is 0 Å². The highest BCUT2D eigenvalue weighted by Crippen LogP contribution is 2.30. The molecule has 0 aliphatic carbocycles. The van der Waals surface area contributed by atoms with Gasteiger partial charge in [0, 0.05) is 12.2 Å². The van der Waals surface area contributed by atoms with Crippen LogP contribution in [-0.4, -0.2) is 12.7 Å². The fraction of sp³-hybridized carbons (Fsp3) is 0.538. The van der Waals surface area contributed by atoms with Crippen molar-refractivity contribution in [3.8, 4) is 0 Å². The smallest absolute Gasteiger partial charge is 0.133 e. The van der Waals surface area contributed by atoms with E-state index in [0.29, 0.717) is 12.2 Å². The van der Waals surface area contributed by atoms with Gasteiger partial charge in [-0.2, -0.15) is 0 Å². The number of hydrogen-bond donors (Lipinski definition) is 2. The van der Waals surface area contributed by atoms with Crippen molar-refractivity contribution >= 4 is 0 Å². The zero-order valence-corrected chi connectivity index (χ0v) is 10.4. The third-order valence-electron chi connectivity index (χ3n) is 3.40. The Morgan fingerprint density at radius 2 is 2.17 bits per heavy atom. The molecule has 1 aliphatic rings. The fourth-order valence-corrected chi connectivity index (χ4v) is 2.37. The molecule has 2 rings (SSSR count). The van der Waals surface area contributed by atoms with Gasteiger partial charge in [-0.15, -0.1) is 0 Å². The maximum atomic E-state index is 14.1. The summed E-state index contributed by atoms with van der Waals surface area (Å²) in [6.45, 7) is 2.21. The molecular formula is C13H18F2N2O. The summed E-state index contributed by atoms with van der Waals surface area (Å²) >= 11 is 0. The summed E-state index contributed by atoms with van der Waals surface area (Å²) in [6, 6.07) is 2.04. The molecule has 1 aromatic rings. The van der Waals surface area contributed by atoms with Gasteiger partial charge in [0.1, 0.15) is 11.6 Å². The third-order valence-corrected chi connectivity index (χ3v) is 3.40. The van der Waals surface area contributed by atoms with E-state index in [1.807, 2.05) is 0 Å². The second kappa shape index (κ2) is 5.73. The fourth-order valence-electron chi connectivity index (χ4n) is 2.37. The Kier molecular flexibility index (Phi) is 4.27. The summed E-state index contributed by atoms with van der Waals surface area (Å²) < 4.78 is 33.5.